The summed E-state index contributed by atoms with van der Waals surface area (Å²) in [6, 6.07) is -2.41. The van der Waals surface area contributed by atoms with E-state index in [2.05, 4.69) is 30.7 Å². The van der Waals surface area contributed by atoms with Gasteiger partial charge in [0.25, 0.3) is 0 Å². The quantitative estimate of drug-likeness (QED) is 0.0188. The average molecular weight is 1050 g/mol. The number of aliphatic carboxylic acids is 1. The zero-order valence-corrected chi connectivity index (χ0v) is 47.7. The minimum Gasteiger partial charge on any atom is -0.480 e. The molecular formula is C47H91B3N10O14. The smallest absolute Gasteiger partial charge is 0.457 e. The Hall–Kier alpha value is -4.16. The normalized spacial score (nSPS) is 18.7. The fourth-order valence-corrected chi connectivity index (χ4v) is 7.98. The number of carboxylic acid groups (broad SMARTS) is 1. The van der Waals surface area contributed by atoms with Crippen molar-refractivity contribution in [2.45, 2.75) is 220 Å². The maximum Gasteiger partial charge on any atom is 0.457 e. The summed E-state index contributed by atoms with van der Waals surface area (Å²) < 4.78 is 35.1. The molecule has 0 spiro atoms. The molecule has 2 rings (SSSR count). The highest BCUT2D eigenvalue weighted by Gasteiger charge is 2.52. The number of nitrogens with one attached hydrogen (secondary N) is 2. The molecule has 27 heteroatoms. The molecule has 0 saturated carbocycles. The maximum absolute atomic E-state index is 12.9. The van der Waals surface area contributed by atoms with E-state index in [0.717, 1.165) is 0 Å². The second kappa shape index (κ2) is 31.2. The molecule has 24 nitrogen and oxygen atoms in total. The van der Waals surface area contributed by atoms with Crippen LogP contribution < -0.4 is 16.4 Å². The molecule has 0 aromatic carbocycles. The number of esters is 2. The molecule has 0 unspecified atom stereocenters. The molecule has 2 fully saturated rings. The minimum absolute atomic E-state index is 0.0735. The second-order valence-electron chi connectivity index (χ2n) is 22.9. The fourth-order valence-electron chi connectivity index (χ4n) is 7.98. The number of azide groups is 2. The molecule has 422 valence electrons. The van der Waals surface area contributed by atoms with Crippen LogP contribution in [0.15, 0.2) is 10.2 Å². The van der Waals surface area contributed by atoms with Crippen molar-refractivity contribution >= 4 is 51.1 Å². The van der Waals surface area contributed by atoms with Gasteiger partial charge in [-0.15, -0.1) is 0 Å². The van der Waals surface area contributed by atoms with Gasteiger partial charge in [-0.3, -0.25) is 14.4 Å². The Morgan fingerprint density at radius 2 is 1.09 bits per heavy atom. The summed E-state index contributed by atoms with van der Waals surface area (Å²) in [4.78, 5) is 67.1. The first kappa shape index (κ1) is 69.8. The van der Waals surface area contributed by atoms with Crippen LogP contribution in [0.25, 0.3) is 20.9 Å². The molecule has 0 aliphatic carbocycles. The van der Waals surface area contributed by atoms with E-state index in [1.165, 1.54) is 18.7 Å². The van der Waals surface area contributed by atoms with E-state index in [9.17, 15) is 24.0 Å². The monoisotopic (exact) mass is 1050 g/mol. The Labute approximate surface area is 441 Å². The van der Waals surface area contributed by atoms with Gasteiger partial charge in [-0.05, 0) is 178 Å². The van der Waals surface area contributed by atoms with Gasteiger partial charge in [0, 0.05) is 43.8 Å². The highest BCUT2D eigenvalue weighted by Crippen LogP contribution is 2.40. The number of nitrogens with zero attached hydrogens (tertiary/aromatic N) is 7. The Morgan fingerprint density at radius 3 is 1.43 bits per heavy atom. The third-order valence-corrected chi connectivity index (χ3v) is 13.3. The molecule has 6 atom stereocenters. The topological polar surface area (TPSA) is 352 Å². The van der Waals surface area contributed by atoms with Crippen LogP contribution in [0.1, 0.15) is 149 Å². The number of hydrogen-bond donors (Lipinski definition) is 6. The number of carbonyl (C=O) groups excluding carboxylic acids is 4. The molecular weight excluding hydrogens is 961 g/mol. The highest BCUT2D eigenvalue weighted by molar-refractivity contribution is 6.45. The number of rotatable bonds is 26. The molecule has 2 aliphatic rings. The fraction of sp³-hybridized carbons (Fsp3) is 0.894. The van der Waals surface area contributed by atoms with Crippen LogP contribution >= 0.6 is 0 Å². The van der Waals surface area contributed by atoms with Crippen molar-refractivity contribution in [3.63, 3.8) is 0 Å². The summed E-state index contributed by atoms with van der Waals surface area (Å²) in [5, 5.41) is 38.8. The lowest BCUT2D eigenvalue weighted by Gasteiger charge is -2.34. The van der Waals surface area contributed by atoms with Gasteiger partial charge in [-0.25, -0.2) is 9.59 Å². The summed E-state index contributed by atoms with van der Waals surface area (Å²) in [6.07, 6.45) is 5.03. The van der Waals surface area contributed by atoms with Gasteiger partial charge in [0.05, 0.1) is 22.4 Å². The van der Waals surface area contributed by atoms with Crippen LogP contribution in [0.3, 0.4) is 0 Å². The van der Waals surface area contributed by atoms with E-state index in [1.54, 1.807) is 55.6 Å². The number of likely N-dealkylation sites (N-methyl/N-ethyl adjacent to an activating group) is 2. The summed E-state index contributed by atoms with van der Waals surface area (Å²) in [6.45, 7) is 29.7. The minimum atomic E-state index is -1.33. The molecule has 2 saturated heterocycles. The SMILES string of the molecule is CC(=O)N(C)[C@H](C(=O)OC(C)(C)C)[C@H](CCCB1OC(C)(C)C(C)(C)O1)CN=[N+]=[N-].CC(=O)N[C@H](C(=O)OC(C)(C)C)[C@H](CCCB1OC(C)(C)C(C)(C)O1)CN=[N+]=[N-].CN[C@H](C(=O)O)[C@@H](CN)CCCB(O)O. The van der Waals surface area contributed by atoms with E-state index in [1.807, 2.05) is 55.4 Å². The van der Waals surface area contributed by atoms with Crippen LogP contribution in [0.2, 0.25) is 19.0 Å². The van der Waals surface area contributed by atoms with Gasteiger partial charge in [-0.2, -0.15) is 0 Å². The first-order chi connectivity index (χ1) is 33.8. The zero-order valence-electron chi connectivity index (χ0n) is 47.7. The maximum atomic E-state index is 12.9. The second-order valence-corrected chi connectivity index (χ2v) is 22.9. The first-order valence-corrected chi connectivity index (χ1v) is 25.5. The number of hydrogen-bond acceptors (Lipinski definition) is 17. The van der Waals surface area contributed by atoms with Crippen molar-refractivity contribution < 1.29 is 67.2 Å². The Morgan fingerprint density at radius 1 is 0.703 bits per heavy atom. The van der Waals surface area contributed by atoms with E-state index >= 15 is 0 Å². The highest BCUT2D eigenvalue weighted by atomic mass is 16.7. The third kappa shape index (κ3) is 25.1. The van der Waals surface area contributed by atoms with Crippen LogP contribution in [0, 0.1) is 17.8 Å². The lowest BCUT2D eigenvalue weighted by Crippen LogP contribution is -2.49. The first-order valence-electron chi connectivity index (χ1n) is 25.5. The molecule has 2 amide bonds. The van der Waals surface area contributed by atoms with Gasteiger partial charge in [0.2, 0.25) is 11.8 Å². The Balaban J connectivity index is 0.00000114. The van der Waals surface area contributed by atoms with Crippen molar-refractivity contribution in [1.82, 2.24) is 15.5 Å². The molecule has 74 heavy (non-hydrogen) atoms. The molecule has 0 bridgehead atoms. The van der Waals surface area contributed by atoms with Crippen molar-refractivity contribution in [2.24, 2.45) is 33.7 Å². The van der Waals surface area contributed by atoms with Crippen molar-refractivity contribution in [1.29, 1.82) is 0 Å². The molecule has 2 aliphatic heterocycles. The van der Waals surface area contributed by atoms with Crippen molar-refractivity contribution in [2.75, 3.05) is 33.7 Å². The molecule has 0 radical (unpaired) electrons. The van der Waals surface area contributed by atoms with Gasteiger partial charge in [0.15, 0.2) is 0 Å². The largest absolute Gasteiger partial charge is 0.480 e. The van der Waals surface area contributed by atoms with Gasteiger partial charge in [-0.1, -0.05) is 29.5 Å². The molecule has 7 N–H and O–H groups in total. The lowest BCUT2D eigenvalue weighted by molar-refractivity contribution is -0.166. The molecule has 0 aromatic heterocycles. The Bertz CT molecular complexity index is 1860. The number of carbonyl (C=O) groups is 5. The number of nitrogens with two attached hydrogens (primary N) is 1. The Kier molecular flexibility index (Phi) is 29.4. The number of amides is 2. The van der Waals surface area contributed by atoms with Crippen molar-refractivity contribution in [3.05, 3.63) is 20.9 Å². The van der Waals surface area contributed by atoms with Gasteiger partial charge < -0.3 is 64.5 Å². The van der Waals surface area contributed by atoms with Crippen LogP contribution in [-0.2, 0) is 52.1 Å². The standard InChI is InChI=1S/C20H37BN4O5.C19H35BN4O5.C8H19BN2O4/c1-14(26)25(9)16(17(27)28-18(2,3)4)15(13-23-24-22)11-10-12-21-29-19(5,6)20(7,8)30-21;1-13(25)23-15(16(26)27-17(2,3)4)14(12-22-24-21)10-9-11-20-28-18(5,6)19(7,8)29-20;1-11-7(8(12)13)6(5-10)3-2-4-9(14)15/h15-16H,10-13H2,1-9H3;14-15H,9-12H2,1-8H3,(H,23,25);6-7,11,14-15H,2-5,10H2,1H3,(H,12,13)/t15-,16+;14-,15+;6-,7+/m111/s1. The summed E-state index contributed by atoms with van der Waals surface area (Å²) in [5.41, 5.74) is 20.0. The number of ether oxygens (including phenoxy) is 2. The predicted octanol–water partition coefficient (Wildman–Crippen LogP) is 6.09. The molecule has 2 heterocycles. The average Bonchev–Trinajstić information content (AvgIpc) is 3.58. The summed E-state index contributed by atoms with van der Waals surface area (Å²) in [5.74, 6) is -3.56. The van der Waals surface area contributed by atoms with Crippen LogP contribution in [0.5, 0.6) is 0 Å². The van der Waals surface area contributed by atoms with E-state index in [0.29, 0.717) is 51.2 Å². The zero-order chi connectivity index (χ0) is 57.6. The molecule has 0 aromatic rings. The summed E-state index contributed by atoms with van der Waals surface area (Å²) >= 11 is 0. The van der Waals surface area contributed by atoms with Crippen LogP contribution in [0.4, 0.5) is 0 Å². The van der Waals surface area contributed by atoms with E-state index in [-0.39, 0.29) is 63.8 Å². The van der Waals surface area contributed by atoms with E-state index < -0.39 is 82.7 Å². The van der Waals surface area contributed by atoms with E-state index in [4.69, 9.17) is 60.0 Å². The number of carboxylic acids is 1. The predicted molar refractivity (Wildman–Crippen MR) is 284 cm³/mol. The lowest BCUT2D eigenvalue weighted by atomic mass is 9.80. The van der Waals surface area contributed by atoms with Gasteiger partial charge >= 0.3 is 39.3 Å². The summed E-state index contributed by atoms with van der Waals surface area (Å²) in [7, 11) is 1.11. The van der Waals surface area contributed by atoms with Crippen molar-refractivity contribution in [3.8, 4) is 0 Å². The van der Waals surface area contributed by atoms with Gasteiger partial charge in [0.1, 0.15) is 29.3 Å². The third-order valence-electron chi connectivity index (χ3n) is 13.3. The van der Waals surface area contributed by atoms with Crippen LogP contribution in [-0.4, -0.2) is 157 Å².